The summed E-state index contributed by atoms with van der Waals surface area (Å²) in [6, 6.07) is -0.834. The van der Waals surface area contributed by atoms with Gasteiger partial charge in [0.25, 0.3) is 0 Å². The molecule has 0 aromatic carbocycles. The van der Waals surface area contributed by atoms with Crippen LogP contribution >= 0.6 is 0 Å². The van der Waals surface area contributed by atoms with Gasteiger partial charge in [-0.1, -0.05) is 6.92 Å². The highest BCUT2D eigenvalue weighted by atomic mass is 16.4. The zero-order valence-corrected chi connectivity index (χ0v) is 8.10. The van der Waals surface area contributed by atoms with Crippen molar-refractivity contribution in [3.8, 4) is 0 Å². The highest BCUT2D eigenvalue weighted by Gasteiger charge is 2.38. The first kappa shape index (κ1) is 9.45. The zero-order chi connectivity index (χ0) is 11.4. The number of aliphatic hydroxyl groups is 1. The lowest BCUT2D eigenvalue weighted by atomic mass is 10.2. The Morgan fingerprint density at radius 1 is 1.64 bits per heavy atom. The van der Waals surface area contributed by atoms with E-state index in [2.05, 4.69) is 5.11 Å². The molecule has 2 N–H and O–H groups in total. The second-order valence-electron chi connectivity index (χ2n) is 3.51. The van der Waals surface area contributed by atoms with Crippen molar-refractivity contribution in [2.24, 2.45) is 0 Å². The van der Waals surface area contributed by atoms with Crippen LogP contribution in [-0.4, -0.2) is 47.1 Å². The number of aliphatic hydroxyl groups excluding tert-OH is 1. The van der Waals surface area contributed by atoms with E-state index in [1.807, 2.05) is 6.92 Å². The van der Waals surface area contributed by atoms with Gasteiger partial charge >= 0.3 is 5.97 Å². The Morgan fingerprint density at radius 2 is 2.36 bits per heavy atom. The molecule has 1 saturated heterocycles. The van der Waals surface area contributed by atoms with Gasteiger partial charge in [-0.3, -0.25) is 4.79 Å². The molecule has 5 nitrogen and oxygen atoms in total. The van der Waals surface area contributed by atoms with E-state index in [-0.39, 0.29) is 18.9 Å². The van der Waals surface area contributed by atoms with Gasteiger partial charge in [0.05, 0.1) is 6.10 Å². The van der Waals surface area contributed by atoms with Crippen LogP contribution in [0, 0.1) is 0 Å². The predicted octanol–water partition coefficient (Wildman–Crippen LogP) is -0.167. The number of carboxylic acids is 1. The molecule has 0 aromatic heterocycles. The summed E-state index contributed by atoms with van der Waals surface area (Å²) >= 11 is 0. The number of aliphatic carboxylic acids is 1. The molecular formula is C9H15NO4. The van der Waals surface area contributed by atoms with E-state index in [0.29, 0.717) is 12.8 Å². The highest BCUT2D eigenvalue weighted by Crippen LogP contribution is 2.19. The molecule has 1 aliphatic rings. The topological polar surface area (TPSA) is 77.8 Å². The fraction of sp³-hybridized carbons (Fsp3) is 0.778. The Hall–Kier alpha value is -1.10. The van der Waals surface area contributed by atoms with Crippen molar-refractivity contribution < 1.29 is 19.8 Å². The second-order valence-corrected chi connectivity index (χ2v) is 3.51. The third-order valence-electron chi connectivity index (χ3n) is 2.33. The van der Waals surface area contributed by atoms with Gasteiger partial charge in [0, 0.05) is 19.4 Å². The number of hydrogen-bond donors (Lipinski definition) is 2. The summed E-state index contributed by atoms with van der Waals surface area (Å²) in [6.45, 7) is 2.07. The van der Waals surface area contributed by atoms with Gasteiger partial charge in [-0.25, -0.2) is 4.79 Å². The quantitative estimate of drug-likeness (QED) is 0.663. The van der Waals surface area contributed by atoms with E-state index in [4.69, 9.17) is 6.54 Å². The van der Waals surface area contributed by atoms with Gasteiger partial charge in [-0.05, 0) is 6.42 Å². The Labute approximate surface area is 83.8 Å². The number of carbonyl (C=O) groups excluding carboxylic acids is 1. The molecule has 2 atom stereocenters. The van der Waals surface area contributed by atoms with Crippen LogP contribution in [0.5, 0.6) is 0 Å². The van der Waals surface area contributed by atoms with Gasteiger partial charge < -0.3 is 15.1 Å². The number of likely N-dealkylation sites (tertiary alicyclic amines) is 1. The molecular weight excluding hydrogens is 186 g/mol. The summed E-state index contributed by atoms with van der Waals surface area (Å²) in [5.74, 6) is -1.21. The molecule has 0 saturated carbocycles. The third-order valence-corrected chi connectivity index (χ3v) is 2.33. The molecule has 14 heavy (non-hydrogen) atoms. The van der Waals surface area contributed by atoms with Crippen LogP contribution < -0.4 is 0 Å². The normalized spacial score (nSPS) is 27.5. The molecule has 1 heterocycles. The monoisotopic (exact) mass is 202 g/mol. The number of nitrogens with zero attached hydrogens (tertiary/aromatic N) is 1. The van der Waals surface area contributed by atoms with Crippen LogP contribution in [0.25, 0.3) is 0 Å². The summed E-state index contributed by atoms with van der Waals surface area (Å²) in [5, 5.41) is 13.2. The Kier molecular flexibility index (Phi) is 2.98. The number of β-amino-alcohol motifs (C(OH)–C–C–N with tert-alkyl or cyclic N) is 1. The Morgan fingerprint density at radius 3 is 2.86 bits per heavy atom. The van der Waals surface area contributed by atoms with Gasteiger partial charge in [-0.15, -0.1) is 0 Å². The summed E-state index contributed by atoms with van der Waals surface area (Å²) < 4.78 is 6.73. The van der Waals surface area contributed by atoms with Crippen LogP contribution in [0.1, 0.15) is 26.2 Å². The van der Waals surface area contributed by atoms with E-state index in [9.17, 15) is 9.59 Å². The number of amides is 1. The second kappa shape index (κ2) is 4.41. The van der Waals surface area contributed by atoms with Crippen molar-refractivity contribution in [2.75, 3.05) is 6.54 Å². The largest absolute Gasteiger partial charge is 0.480 e. The van der Waals surface area contributed by atoms with Gasteiger partial charge in [-0.2, -0.15) is 0 Å². The first-order chi connectivity index (χ1) is 7.10. The molecule has 0 unspecified atom stereocenters. The summed E-state index contributed by atoms with van der Waals surface area (Å²) in [6.07, 6.45) is 0.753. The molecule has 1 aliphatic heterocycles. The molecule has 1 rings (SSSR count). The summed E-state index contributed by atoms with van der Waals surface area (Å²) in [4.78, 5) is 23.7. The minimum absolute atomic E-state index is 0.176. The number of rotatable bonds is 4. The summed E-state index contributed by atoms with van der Waals surface area (Å²) in [7, 11) is 0. The van der Waals surface area contributed by atoms with E-state index in [1.165, 1.54) is 4.90 Å². The van der Waals surface area contributed by atoms with Crippen molar-refractivity contribution in [1.82, 2.24) is 4.90 Å². The van der Waals surface area contributed by atoms with Crippen molar-refractivity contribution in [2.45, 2.75) is 38.3 Å². The van der Waals surface area contributed by atoms with Crippen molar-refractivity contribution >= 4 is 11.9 Å². The standard InChI is InChI=1S/C9H15NO4/c1-2-3-8(12)10-5-6(11)4-7(10)9(13)14/h6-7,11H,2-5H2,1H3,(H,13,14)/t6-,7+/m1/s1/i11D. The Bertz CT molecular complexity index is 258. The van der Waals surface area contributed by atoms with Crippen molar-refractivity contribution in [3.05, 3.63) is 0 Å². The smallest absolute Gasteiger partial charge is 0.326 e. The van der Waals surface area contributed by atoms with E-state index < -0.39 is 18.1 Å². The molecule has 0 aliphatic carbocycles. The molecule has 5 heteroatoms. The number of hydrogen-bond acceptors (Lipinski definition) is 3. The van der Waals surface area contributed by atoms with Crippen LogP contribution in [0.15, 0.2) is 0 Å². The molecule has 0 aromatic rings. The highest BCUT2D eigenvalue weighted by molar-refractivity contribution is 5.84. The van der Waals surface area contributed by atoms with Crippen LogP contribution in [0.2, 0.25) is 0 Å². The first-order valence-electron chi connectivity index (χ1n) is 5.15. The summed E-state index contributed by atoms with van der Waals surface area (Å²) in [5.41, 5.74) is 0. The maximum absolute atomic E-state index is 11.6. The number of carboxylic acid groups (broad SMARTS) is 1. The van der Waals surface area contributed by atoms with Crippen LogP contribution in [-0.2, 0) is 9.59 Å². The van der Waals surface area contributed by atoms with Crippen LogP contribution in [0.4, 0.5) is 0 Å². The van der Waals surface area contributed by atoms with Gasteiger partial charge in [0.15, 0.2) is 0 Å². The van der Waals surface area contributed by atoms with E-state index in [0.717, 1.165) is 0 Å². The average Bonchev–Trinajstić information content (AvgIpc) is 2.61. The fourth-order valence-electron chi connectivity index (χ4n) is 1.66. The Balaban J connectivity index is 2.68. The maximum atomic E-state index is 11.6. The SMILES string of the molecule is [2H]O[C@@H]1C[C@@H](C(=O)O)N(C(=O)CCC)C1. The molecule has 80 valence electrons. The van der Waals surface area contributed by atoms with Crippen LogP contribution in [0.3, 0.4) is 0 Å². The van der Waals surface area contributed by atoms with E-state index >= 15 is 0 Å². The molecule has 1 fully saturated rings. The lowest BCUT2D eigenvalue weighted by Crippen LogP contribution is -2.40. The molecule has 0 radical (unpaired) electrons. The van der Waals surface area contributed by atoms with Crippen molar-refractivity contribution in [1.29, 1.82) is 1.43 Å². The lowest BCUT2D eigenvalue weighted by molar-refractivity contribution is -0.148. The first-order valence-corrected chi connectivity index (χ1v) is 4.74. The number of carbonyl (C=O) groups is 2. The third kappa shape index (κ3) is 2.23. The van der Waals surface area contributed by atoms with Gasteiger partial charge in [0.2, 0.25) is 7.34 Å². The van der Waals surface area contributed by atoms with Gasteiger partial charge in [0.1, 0.15) is 6.04 Å². The fourth-order valence-corrected chi connectivity index (χ4v) is 1.66. The molecule has 1 amide bonds. The van der Waals surface area contributed by atoms with E-state index in [1.54, 1.807) is 0 Å². The maximum Gasteiger partial charge on any atom is 0.326 e. The molecule has 0 bridgehead atoms. The minimum atomic E-state index is -1.03. The lowest BCUT2D eigenvalue weighted by Gasteiger charge is -2.20. The van der Waals surface area contributed by atoms with Crippen molar-refractivity contribution in [3.63, 3.8) is 0 Å². The molecule has 0 spiro atoms. The zero-order valence-electron chi connectivity index (χ0n) is 9.10. The predicted molar refractivity (Wildman–Crippen MR) is 48.7 cm³/mol. The average molecular weight is 202 g/mol. The minimum Gasteiger partial charge on any atom is -0.480 e.